The van der Waals surface area contributed by atoms with Crippen molar-refractivity contribution in [1.29, 1.82) is 0 Å². The van der Waals surface area contributed by atoms with Crippen molar-refractivity contribution in [1.82, 2.24) is 19.4 Å². The summed E-state index contributed by atoms with van der Waals surface area (Å²) in [4.78, 5) is 24.0. The molecule has 0 radical (unpaired) electrons. The lowest BCUT2D eigenvalue weighted by Crippen LogP contribution is -2.39. The minimum atomic E-state index is -0.00565. The number of pyridine rings is 1. The first-order valence-electron chi connectivity index (χ1n) is 8.90. The molecular weight excluding hydrogens is 348 g/mol. The summed E-state index contributed by atoms with van der Waals surface area (Å²) in [6.07, 6.45) is 5.42. The average molecular weight is 369 g/mol. The highest BCUT2D eigenvalue weighted by atomic mass is 35.5. The maximum atomic E-state index is 12.8. The third-order valence-corrected chi connectivity index (χ3v) is 5.34. The molecule has 1 saturated heterocycles. The fourth-order valence-corrected chi connectivity index (χ4v) is 3.89. The van der Waals surface area contributed by atoms with Crippen molar-refractivity contribution in [3.05, 3.63) is 59.3 Å². The minimum absolute atomic E-state index is 0.00565. The van der Waals surface area contributed by atoms with Crippen LogP contribution in [0.5, 0.6) is 0 Å². The van der Waals surface area contributed by atoms with Crippen LogP contribution in [0.3, 0.4) is 0 Å². The smallest absolute Gasteiger partial charge is 0.202 e. The van der Waals surface area contributed by atoms with E-state index in [4.69, 9.17) is 16.6 Å². The van der Waals surface area contributed by atoms with Crippen LogP contribution in [-0.4, -0.2) is 38.3 Å². The molecule has 2 aromatic heterocycles. The van der Waals surface area contributed by atoms with Gasteiger partial charge in [-0.25, -0.2) is 9.97 Å². The Morgan fingerprint density at radius 2 is 2.19 bits per heavy atom. The molecule has 1 unspecified atom stereocenters. The van der Waals surface area contributed by atoms with Crippen LogP contribution in [-0.2, 0) is 13.6 Å². The molecule has 1 aliphatic rings. The molecule has 0 N–H and O–H groups in total. The monoisotopic (exact) mass is 368 g/mol. The molecule has 0 spiro atoms. The maximum absolute atomic E-state index is 12.8. The second-order valence-electron chi connectivity index (χ2n) is 6.91. The number of hydrogen-bond donors (Lipinski definition) is 0. The number of carbonyl (C=O) groups excluding carboxylic acids is 1. The van der Waals surface area contributed by atoms with Gasteiger partial charge in [-0.3, -0.25) is 9.69 Å². The zero-order chi connectivity index (χ0) is 18.1. The fourth-order valence-electron chi connectivity index (χ4n) is 3.67. The number of likely N-dealkylation sites (tertiary alicyclic amines) is 1. The summed E-state index contributed by atoms with van der Waals surface area (Å²) in [6, 6.07) is 9.92. The number of Topliss-reactive ketones (excluding diaryl/α,β-unsaturated/α-hetero) is 1. The molecule has 3 heterocycles. The first kappa shape index (κ1) is 17.2. The van der Waals surface area contributed by atoms with Crippen molar-refractivity contribution in [2.24, 2.45) is 13.0 Å². The van der Waals surface area contributed by atoms with Crippen molar-refractivity contribution in [2.45, 2.75) is 19.4 Å². The molecule has 3 aromatic rings. The Bertz CT molecular complexity index is 952. The van der Waals surface area contributed by atoms with Crippen LogP contribution in [0.25, 0.3) is 10.9 Å². The van der Waals surface area contributed by atoms with E-state index in [1.807, 2.05) is 37.5 Å². The number of aromatic nitrogens is 3. The summed E-state index contributed by atoms with van der Waals surface area (Å²) in [5, 5.41) is 1.72. The highest BCUT2D eigenvalue weighted by molar-refractivity contribution is 6.35. The van der Waals surface area contributed by atoms with Crippen LogP contribution in [0.4, 0.5) is 0 Å². The largest absolute Gasteiger partial charge is 0.332 e. The SMILES string of the molecule is Cn1ccnc1C(=O)C1CCCN(Cc2ccc3cccc(Cl)c3n2)C1. The standard InChI is InChI=1S/C20H21ClN4O/c1-24-11-9-22-20(24)19(26)15-5-3-10-25(12-15)13-16-8-7-14-4-2-6-17(21)18(14)23-16/h2,4,6-9,11,15H,3,5,10,12-13H2,1H3. The number of benzene rings is 1. The Hall–Kier alpha value is -2.24. The zero-order valence-electron chi connectivity index (χ0n) is 14.7. The number of nitrogens with zero attached hydrogens (tertiary/aromatic N) is 4. The molecular formula is C20H21ClN4O. The van der Waals surface area contributed by atoms with E-state index in [9.17, 15) is 4.79 Å². The van der Waals surface area contributed by atoms with Gasteiger partial charge < -0.3 is 4.57 Å². The molecule has 6 heteroatoms. The van der Waals surface area contributed by atoms with Gasteiger partial charge in [-0.15, -0.1) is 0 Å². The number of imidazole rings is 1. The molecule has 0 aliphatic carbocycles. The third-order valence-electron chi connectivity index (χ3n) is 5.03. The molecule has 134 valence electrons. The van der Waals surface area contributed by atoms with Gasteiger partial charge in [0.15, 0.2) is 5.82 Å². The number of ketones is 1. The Morgan fingerprint density at radius 3 is 3.00 bits per heavy atom. The molecule has 26 heavy (non-hydrogen) atoms. The van der Waals surface area contributed by atoms with Gasteiger partial charge in [-0.05, 0) is 31.5 Å². The van der Waals surface area contributed by atoms with E-state index < -0.39 is 0 Å². The fraction of sp³-hybridized carbons (Fsp3) is 0.350. The van der Waals surface area contributed by atoms with Gasteiger partial charge in [0, 0.05) is 43.8 Å². The van der Waals surface area contributed by atoms with Crippen LogP contribution in [0.15, 0.2) is 42.7 Å². The normalized spacial score (nSPS) is 18.3. The number of para-hydroxylation sites is 1. The minimum Gasteiger partial charge on any atom is -0.332 e. The van der Waals surface area contributed by atoms with Crippen LogP contribution < -0.4 is 0 Å². The van der Waals surface area contributed by atoms with E-state index in [0.29, 0.717) is 10.8 Å². The van der Waals surface area contributed by atoms with Gasteiger partial charge >= 0.3 is 0 Å². The Kier molecular flexibility index (Phi) is 4.74. The average Bonchev–Trinajstić information content (AvgIpc) is 3.08. The number of rotatable bonds is 4. The van der Waals surface area contributed by atoms with Crippen LogP contribution >= 0.6 is 11.6 Å². The summed E-state index contributed by atoms with van der Waals surface area (Å²) in [7, 11) is 1.86. The molecule has 4 rings (SSSR count). The highest BCUT2D eigenvalue weighted by Crippen LogP contribution is 2.24. The van der Waals surface area contributed by atoms with Gasteiger partial charge in [0.1, 0.15) is 0 Å². The predicted molar refractivity (Wildman–Crippen MR) is 102 cm³/mol. The Balaban J connectivity index is 1.49. The summed E-state index contributed by atoms with van der Waals surface area (Å²) in [5.41, 5.74) is 1.82. The van der Waals surface area contributed by atoms with Gasteiger partial charge in [0.05, 0.1) is 16.2 Å². The number of halogens is 1. The quantitative estimate of drug-likeness (QED) is 0.658. The van der Waals surface area contributed by atoms with Crippen molar-refractivity contribution in [3.8, 4) is 0 Å². The molecule has 5 nitrogen and oxygen atoms in total. The molecule has 1 aromatic carbocycles. The Labute approximate surface area is 157 Å². The van der Waals surface area contributed by atoms with E-state index in [1.165, 1.54) is 0 Å². The van der Waals surface area contributed by atoms with Gasteiger partial charge in [0.2, 0.25) is 5.78 Å². The highest BCUT2D eigenvalue weighted by Gasteiger charge is 2.28. The Morgan fingerprint density at radius 1 is 1.31 bits per heavy atom. The number of fused-ring (bicyclic) bond motifs is 1. The van der Waals surface area contributed by atoms with E-state index in [2.05, 4.69) is 16.0 Å². The van der Waals surface area contributed by atoms with Gasteiger partial charge in [0.25, 0.3) is 0 Å². The number of carbonyl (C=O) groups is 1. The van der Waals surface area contributed by atoms with Crippen LogP contribution in [0.1, 0.15) is 29.2 Å². The van der Waals surface area contributed by atoms with E-state index in [-0.39, 0.29) is 11.7 Å². The zero-order valence-corrected chi connectivity index (χ0v) is 15.5. The van der Waals surface area contributed by atoms with E-state index >= 15 is 0 Å². The lowest BCUT2D eigenvalue weighted by atomic mass is 9.93. The summed E-state index contributed by atoms with van der Waals surface area (Å²) in [6.45, 7) is 2.45. The second-order valence-corrected chi connectivity index (χ2v) is 7.32. The first-order valence-corrected chi connectivity index (χ1v) is 9.27. The van der Waals surface area contributed by atoms with E-state index in [1.54, 1.807) is 10.8 Å². The first-order chi connectivity index (χ1) is 12.6. The summed E-state index contributed by atoms with van der Waals surface area (Å²) < 4.78 is 1.80. The number of aryl methyl sites for hydroxylation is 1. The molecule has 1 atom stereocenters. The van der Waals surface area contributed by atoms with Crippen molar-refractivity contribution in [3.63, 3.8) is 0 Å². The lowest BCUT2D eigenvalue weighted by molar-refractivity contribution is 0.0796. The maximum Gasteiger partial charge on any atom is 0.202 e. The van der Waals surface area contributed by atoms with Crippen molar-refractivity contribution >= 4 is 28.3 Å². The van der Waals surface area contributed by atoms with Crippen molar-refractivity contribution < 1.29 is 4.79 Å². The topological polar surface area (TPSA) is 51.0 Å². The third kappa shape index (κ3) is 3.37. The van der Waals surface area contributed by atoms with Crippen LogP contribution in [0.2, 0.25) is 5.02 Å². The molecule has 1 fully saturated rings. The molecule has 1 aliphatic heterocycles. The predicted octanol–water partition coefficient (Wildman–Crippen LogP) is 3.72. The van der Waals surface area contributed by atoms with Crippen molar-refractivity contribution in [2.75, 3.05) is 13.1 Å². The number of piperidine rings is 1. The molecule has 0 bridgehead atoms. The summed E-state index contributed by atoms with van der Waals surface area (Å²) in [5.74, 6) is 0.679. The van der Waals surface area contributed by atoms with E-state index in [0.717, 1.165) is 49.1 Å². The van der Waals surface area contributed by atoms with Gasteiger partial charge in [-0.2, -0.15) is 0 Å². The summed E-state index contributed by atoms with van der Waals surface area (Å²) >= 11 is 6.28. The lowest BCUT2D eigenvalue weighted by Gasteiger charge is -2.31. The van der Waals surface area contributed by atoms with Crippen LogP contribution in [0, 0.1) is 5.92 Å². The molecule has 0 amide bonds. The second kappa shape index (κ2) is 7.17. The number of hydrogen-bond acceptors (Lipinski definition) is 4. The molecule has 0 saturated carbocycles. The van der Waals surface area contributed by atoms with Gasteiger partial charge in [-0.1, -0.05) is 29.8 Å².